The fourth-order valence-corrected chi connectivity index (χ4v) is 4.21. The van der Waals surface area contributed by atoms with Crippen molar-refractivity contribution in [3.8, 4) is 0 Å². The SMILES string of the molecule is Cc1ccc(I)c2c1CC1(CCCC1)C2. The summed E-state index contributed by atoms with van der Waals surface area (Å²) in [5.41, 5.74) is 5.56. The van der Waals surface area contributed by atoms with Crippen LogP contribution in [0.3, 0.4) is 0 Å². The molecule has 0 atom stereocenters. The molecule has 1 heteroatoms. The van der Waals surface area contributed by atoms with Crippen molar-refractivity contribution >= 4 is 22.6 Å². The van der Waals surface area contributed by atoms with Gasteiger partial charge < -0.3 is 0 Å². The van der Waals surface area contributed by atoms with Gasteiger partial charge in [-0.15, -0.1) is 0 Å². The fraction of sp³-hybridized carbons (Fsp3) is 0.571. The van der Waals surface area contributed by atoms with Crippen LogP contribution >= 0.6 is 22.6 Å². The Kier molecular flexibility index (Phi) is 2.35. The Morgan fingerprint density at radius 1 is 1.07 bits per heavy atom. The Balaban J connectivity index is 2.05. The first-order valence-electron chi connectivity index (χ1n) is 5.97. The smallest absolute Gasteiger partial charge is 0.0165 e. The van der Waals surface area contributed by atoms with Crippen molar-refractivity contribution in [2.45, 2.75) is 45.4 Å². The second-order valence-electron chi connectivity index (χ2n) is 5.38. The third-order valence-corrected chi connectivity index (χ3v) is 5.39. The van der Waals surface area contributed by atoms with Crippen molar-refractivity contribution in [2.75, 3.05) is 0 Å². The summed E-state index contributed by atoms with van der Waals surface area (Å²) < 4.78 is 1.50. The van der Waals surface area contributed by atoms with E-state index in [9.17, 15) is 0 Å². The molecule has 0 unspecified atom stereocenters. The molecule has 1 aromatic carbocycles. The van der Waals surface area contributed by atoms with E-state index < -0.39 is 0 Å². The molecule has 0 N–H and O–H groups in total. The Morgan fingerprint density at radius 2 is 1.73 bits per heavy atom. The quantitative estimate of drug-likeness (QED) is 0.628. The van der Waals surface area contributed by atoms with Gasteiger partial charge in [-0.05, 0) is 83.4 Å². The predicted molar refractivity (Wildman–Crippen MR) is 72.2 cm³/mol. The molecule has 0 aliphatic heterocycles. The highest BCUT2D eigenvalue weighted by Crippen LogP contribution is 2.50. The van der Waals surface area contributed by atoms with Crippen LogP contribution in [-0.2, 0) is 12.8 Å². The van der Waals surface area contributed by atoms with Crippen molar-refractivity contribution in [1.82, 2.24) is 0 Å². The third kappa shape index (κ3) is 1.54. The van der Waals surface area contributed by atoms with Crippen LogP contribution in [0.4, 0.5) is 0 Å². The minimum atomic E-state index is 0.675. The van der Waals surface area contributed by atoms with Crippen LogP contribution < -0.4 is 0 Å². The molecule has 0 heterocycles. The summed E-state index contributed by atoms with van der Waals surface area (Å²) >= 11 is 2.51. The first-order chi connectivity index (χ1) is 7.20. The van der Waals surface area contributed by atoms with E-state index in [1.165, 1.54) is 47.7 Å². The van der Waals surface area contributed by atoms with Crippen LogP contribution in [0.1, 0.15) is 42.4 Å². The van der Waals surface area contributed by atoms with Crippen molar-refractivity contribution in [2.24, 2.45) is 5.41 Å². The number of fused-ring (bicyclic) bond motifs is 1. The Hall–Kier alpha value is -0.0500. The van der Waals surface area contributed by atoms with E-state index >= 15 is 0 Å². The maximum atomic E-state index is 2.51. The standard InChI is InChI=1S/C14H17I/c1-10-4-5-13(15)12-9-14(8-11(10)12)6-2-3-7-14/h4-5H,2-3,6-9H2,1H3. The number of halogens is 1. The van der Waals surface area contributed by atoms with Crippen LogP contribution in [0.25, 0.3) is 0 Å². The summed E-state index contributed by atoms with van der Waals surface area (Å²) in [7, 11) is 0. The molecule has 15 heavy (non-hydrogen) atoms. The molecule has 0 nitrogen and oxygen atoms in total. The molecular formula is C14H17I. The Morgan fingerprint density at radius 3 is 2.40 bits per heavy atom. The van der Waals surface area contributed by atoms with Crippen molar-refractivity contribution < 1.29 is 0 Å². The second-order valence-corrected chi connectivity index (χ2v) is 6.54. The van der Waals surface area contributed by atoms with Crippen molar-refractivity contribution in [3.63, 3.8) is 0 Å². The lowest BCUT2D eigenvalue weighted by atomic mass is 9.83. The zero-order chi connectivity index (χ0) is 10.5. The number of hydrogen-bond donors (Lipinski definition) is 0. The van der Waals surface area contributed by atoms with E-state index in [2.05, 4.69) is 41.6 Å². The first-order valence-corrected chi connectivity index (χ1v) is 7.05. The predicted octanol–water partition coefficient (Wildman–Crippen LogP) is 4.26. The average molecular weight is 312 g/mol. The Bertz CT molecular complexity index is 367. The van der Waals surface area contributed by atoms with Gasteiger partial charge in [-0.25, -0.2) is 0 Å². The minimum Gasteiger partial charge on any atom is -0.0580 e. The van der Waals surface area contributed by atoms with Crippen LogP contribution in [0.5, 0.6) is 0 Å². The average Bonchev–Trinajstić information content (AvgIpc) is 2.82. The maximum absolute atomic E-state index is 2.51. The molecule has 2 aliphatic carbocycles. The second kappa shape index (κ2) is 3.47. The molecule has 0 amide bonds. The van der Waals surface area contributed by atoms with Gasteiger partial charge in [-0.1, -0.05) is 18.9 Å². The highest BCUT2D eigenvalue weighted by atomic mass is 127. The summed E-state index contributed by atoms with van der Waals surface area (Å²) in [6, 6.07) is 4.59. The summed E-state index contributed by atoms with van der Waals surface area (Å²) in [5.74, 6) is 0. The molecule has 1 fully saturated rings. The van der Waals surface area contributed by atoms with E-state index in [1.807, 2.05) is 0 Å². The zero-order valence-corrected chi connectivity index (χ0v) is 11.4. The van der Waals surface area contributed by atoms with Gasteiger partial charge in [0.2, 0.25) is 0 Å². The van der Waals surface area contributed by atoms with E-state index in [1.54, 1.807) is 11.1 Å². The largest absolute Gasteiger partial charge is 0.0580 e. The molecule has 1 spiro atoms. The van der Waals surface area contributed by atoms with Gasteiger partial charge in [0.15, 0.2) is 0 Å². The molecule has 0 saturated heterocycles. The van der Waals surface area contributed by atoms with Crippen molar-refractivity contribution in [1.29, 1.82) is 0 Å². The van der Waals surface area contributed by atoms with Gasteiger partial charge in [0.25, 0.3) is 0 Å². The topological polar surface area (TPSA) is 0 Å². The van der Waals surface area contributed by atoms with Gasteiger partial charge in [0.05, 0.1) is 0 Å². The summed E-state index contributed by atoms with van der Waals surface area (Å²) in [6.07, 6.45) is 8.59. The van der Waals surface area contributed by atoms with Gasteiger partial charge in [-0.3, -0.25) is 0 Å². The van der Waals surface area contributed by atoms with E-state index in [0.29, 0.717) is 5.41 Å². The van der Waals surface area contributed by atoms with Gasteiger partial charge in [-0.2, -0.15) is 0 Å². The lowest BCUT2D eigenvalue weighted by Crippen LogP contribution is -2.15. The first kappa shape index (κ1) is 10.1. The van der Waals surface area contributed by atoms with E-state index in [-0.39, 0.29) is 0 Å². The normalized spacial score (nSPS) is 22.3. The molecule has 1 aromatic rings. The highest BCUT2D eigenvalue weighted by Gasteiger charge is 2.40. The summed E-state index contributed by atoms with van der Waals surface area (Å²) in [4.78, 5) is 0. The van der Waals surface area contributed by atoms with E-state index in [0.717, 1.165) is 0 Å². The monoisotopic (exact) mass is 312 g/mol. The molecule has 0 radical (unpaired) electrons. The lowest BCUT2D eigenvalue weighted by Gasteiger charge is -2.21. The molecule has 0 bridgehead atoms. The number of hydrogen-bond acceptors (Lipinski definition) is 0. The molecule has 1 saturated carbocycles. The van der Waals surface area contributed by atoms with Gasteiger partial charge in [0.1, 0.15) is 0 Å². The van der Waals surface area contributed by atoms with Crippen LogP contribution in [0, 0.1) is 15.9 Å². The van der Waals surface area contributed by atoms with Crippen LogP contribution in [0.15, 0.2) is 12.1 Å². The lowest BCUT2D eigenvalue weighted by molar-refractivity contribution is 0.317. The van der Waals surface area contributed by atoms with Gasteiger partial charge in [0, 0.05) is 3.57 Å². The van der Waals surface area contributed by atoms with Crippen LogP contribution in [0.2, 0.25) is 0 Å². The minimum absolute atomic E-state index is 0.675. The maximum Gasteiger partial charge on any atom is 0.0165 e. The fourth-order valence-electron chi connectivity index (χ4n) is 3.51. The summed E-state index contributed by atoms with van der Waals surface area (Å²) in [6.45, 7) is 2.28. The van der Waals surface area contributed by atoms with Gasteiger partial charge >= 0.3 is 0 Å². The third-order valence-electron chi connectivity index (χ3n) is 4.38. The Labute approximate surface area is 106 Å². The van der Waals surface area contributed by atoms with E-state index in [4.69, 9.17) is 0 Å². The van der Waals surface area contributed by atoms with Crippen molar-refractivity contribution in [3.05, 3.63) is 32.4 Å². The number of benzene rings is 1. The molecule has 2 aliphatic rings. The summed E-state index contributed by atoms with van der Waals surface area (Å²) in [5, 5.41) is 0. The zero-order valence-electron chi connectivity index (χ0n) is 9.28. The molecular weight excluding hydrogens is 295 g/mol. The number of aryl methyl sites for hydroxylation is 1. The number of rotatable bonds is 0. The highest BCUT2D eigenvalue weighted by molar-refractivity contribution is 14.1. The molecule has 80 valence electrons. The molecule has 3 rings (SSSR count). The van der Waals surface area contributed by atoms with Crippen LogP contribution in [-0.4, -0.2) is 0 Å². The molecule has 0 aromatic heterocycles.